The predicted octanol–water partition coefficient (Wildman–Crippen LogP) is 4.18. The third-order valence-corrected chi connectivity index (χ3v) is 4.34. The van der Waals surface area contributed by atoms with Crippen molar-refractivity contribution >= 4 is 38.7 Å². The molecule has 0 atom stereocenters. The van der Waals surface area contributed by atoms with E-state index in [1.54, 1.807) is 12.1 Å². The number of anilines is 2. The lowest BCUT2D eigenvalue weighted by molar-refractivity contribution is 0.103. The number of halogens is 1. The van der Waals surface area contributed by atoms with Gasteiger partial charge in [-0.3, -0.25) is 4.79 Å². The lowest BCUT2D eigenvalue weighted by atomic mass is 10.1. The summed E-state index contributed by atoms with van der Waals surface area (Å²) >= 11 is 1.34. The third kappa shape index (κ3) is 2.60. The number of hydrogen-bond acceptors (Lipinski definition) is 3. The first kappa shape index (κ1) is 13.6. The number of carbonyl (C=O) groups is 1. The highest BCUT2D eigenvalue weighted by molar-refractivity contribution is 7.21. The Balaban J connectivity index is 1.96. The summed E-state index contributed by atoms with van der Waals surface area (Å²) in [7, 11) is 0. The zero-order chi connectivity index (χ0) is 15.0. The van der Waals surface area contributed by atoms with Gasteiger partial charge in [0, 0.05) is 15.8 Å². The van der Waals surface area contributed by atoms with Gasteiger partial charge in [0.2, 0.25) is 0 Å². The fourth-order valence-corrected chi connectivity index (χ4v) is 3.26. The number of amides is 1. The van der Waals surface area contributed by atoms with Crippen LogP contribution in [0.5, 0.6) is 0 Å². The molecule has 106 valence electrons. The number of hydrogen-bond donors (Lipinski definition) is 2. The van der Waals surface area contributed by atoms with Crippen LogP contribution in [0.25, 0.3) is 10.1 Å². The van der Waals surface area contributed by atoms with E-state index < -0.39 is 5.82 Å². The van der Waals surface area contributed by atoms with E-state index in [0.717, 1.165) is 15.6 Å². The predicted molar refractivity (Wildman–Crippen MR) is 85.3 cm³/mol. The maximum absolute atomic E-state index is 13.1. The van der Waals surface area contributed by atoms with Crippen LogP contribution in [0, 0.1) is 12.7 Å². The molecule has 0 aliphatic rings. The lowest BCUT2D eigenvalue weighted by Crippen LogP contribution is -2.11. The van der Waals surface area contributed by atoms with Gasteiger partial charge in [0.05, 0.1) is 5.69 Å². The number of thiophene rings is 1. The smallest absolute Gasteiger partial charge is 0.267 e. The molecule has 0 bridgehead atoms. The second kappa shape index (κ2) is 5.18. The number of aryl methyl sites for hydroxylation is 1. The average Bonchev–Trinajstić information content (AvgIpc) is 2.75. The zero-order valence-electron chi connectivity index (χ0n) is 11.3. The van der Waals surface area contributed by atoms with Gasteiger partial charge in [-0.05, 0) is 36.8 Å². The van der Waals surface area contributed by atoms with Crippen molar-refractivity contribution in [1.82, 2.24) is 0 Å². The van der Waals surface area contributed by atoms with Gasteiger partial charge in [0.15, 0.2) is 0 Å². The van der Waals surface area contributed by atoms with Crippen molar-refractivity contribution in [2.24, 2.45) is 0 Å². The van der Waals surface area contributed by atoms with E-state index in [-0.39, 0.29) is 5.91 Å². The molecule has 3 rings (SSSR count). The summed E-state index contributed by atoms with van der Waals surface area (Å²) in [6.45, 7) is 1.99. The van der Waals surface area contributed by atoms with Crippen molar-refractivity contribution in [2.75, 3.05) is 11.1 Å². The Hall–Kier alpha value is -2.40. The first-order valence-corrected chi connectivity index (χ1v) is 7.22. The summed E-state index contributed by atoms with van der Waals surface area (Å²) in [5, 5.41) is 3.54. The molecule has 3 aromatic rings. The van der Waals surface area contributed by atoms with E-state index in [4.69, 9.17) is 5.73 Å². The molecule has 1 aromatic heterocycles. The molecule has 0 spiro atoms. The van der Waals surface area contributed by atoms with Crippen LogP contribution in [0.15, 0.2) is 42.5 Å². The first-order chi connectivity index (χ1) is 10.0. The number of benzene rings is 2. The van der Waals surface area contributed by atoms with Crippen molar-refractivity contribution in [3.05, 3.63) is 58.7 Å². The molecule has 5 heteroatoms. The Labute approximate surface area is 125 Å². The molecule has 0 saturated carbocycles. The van der Waals surface area contributed by atoms with Crippen LogP contribution in [0.3, 0.4) is 0 Å². The van der Waals surface area contributed by atoms with Crippen LogP contribution in [0.4, 0.5) is 15.8 Å². The Bertz CT molecular complexity index is 841. The number of nitrogen functional groups attached to an aromatic ring is 1. The number of rotatable bonds is 2. The number of nitrogens with one attached hydrogen (secondary N) is 1. The summed E-state index contributed by atoms with van der Waals surface area (Å²) in [6.07, 6.45) is 0. The lowest BCUT2D eigenvalue weighted by Gasteiger charge is -2.04. The Morgan fingerprint density at radius 2 is 2.05 bits per heavy atom. The van der Waals surface area contributed by atoms with Crippen molar-refractivity contribution in [3.8, 4) is 0 Å². The standard InChI is InChI=1S/C16H13FN2OS/c1-9-5-6-12-13(7-9)21-15(14(12)18)16(20)19-11-4-2-3-10(17)8-11/h2-8H,18H2,1H3,(H,19,20). The summed E-state index contributed by atoms with van der Waals surface area (Å²) in [5.74, 6) is -0.718. The fourth-order valence-electron chi connectivity index (χ4n) is 2.15. The second-order valence-electron chi connectivity index (χ2n) is 4.81. The van der Waals surface area contributed by atoms with Crippen LogP contribution in [0.2, 0.25) is 0 Å². The topological polar surface area (TPSA) is 55.1 Å². The molecular weight excluding hydrogens is 287 g/mol. The van der Waals surface area contributed by atoms with Gasteiger partial charge in [-0.25, -0.2) is 4.39 Å². The Morgan fingerprint density at radius 3 is 2.81 bits per heavy atom. The minimum absolute atomic E-state index is 0.322. The van der Waals surface area contributed by atoms with Gasteiger partial charge in [0.1, 0.15) is 10.7 Å². The molecule has 0 radical (unpaired) electrons. The molecule has 0 saturated heterocycles. The minimum Gasteiger partial charge on any atom is -0.397 e. The number of carbonyl (C=O) groups excluding carboxylic acids is 1. The van der Waals surface area contributed by atoms with E-state index in [2.05, 4.69) is 5.32 Å². The van der Waals surface area contributed by atoms with Crippen LogP contribution >= 0.6 is 11.3 Å². The third-order valence-electron chi connectivity index (χ3n) is 3.17. The molecule has 1 amide bonds. The SMILES string of the molecule is Cc1ccc2c(N)c(C(=O)Nc3cccc(F)c3)sc2c1. The van der Waals surface area contributed by atoms with E-state index in [1.165, 1.54) is 23.5 Å². The van der Waals surface area contributed by atoms with E-state index in [9.17, 15) is 9.18 Å². The normalized spacial score (nSPS) is 10.8. The van der Waals surface area contributed by atoms with Gasteiger partial charge < -0.3 is 11.1 Å². The maximum atomic E-state index is 13.1. The van der Waals surface area contributed by atoms with E-state index in [0.29, 0.717) is 16.3 Å². The van der Waals surface area contributed by atoms with Crippen LogP contribution < -0.4 is 11.1 Å². The van der Waals surface area contributed by atoms with Crippen molar-refractivity contribution in [3.63, 3.8) is 0 Å². The quantitative estimate of drug-likeness (QED) is 0.746. The summed E-state index contributed by atoms with van der Waals surface area (Å²) in [4.78, 5) is 12.7. The van der Waals surface area contributed by atoms with Gasteiger partial charge in [-0.2, -0.15) is 0 Å². The van der Waals surface area contributed by atoms with Crippen molar-refractivity contribution in [2.45, 2.75) is 6.92 Å². The largest absolute Gasteiger partial charge is 0.397 e. The molecule has 0 aliphatic carbocycles. The molecule has 3 nitrogen and oxygen atoms in total. The van der Waals surface area contributed by atoms with E-state index >= 15 is 0 Å². The fraction of sp³-hybridized carbons (Fsp3) is 0.0625. The number of nitrogens with two attached hydrogens (primary N) is 1. The molecule has 1 heterocycles. The highest BCUT2D eigenvalue weighted by atomic mass is 32.1. The van der Waals surface area contributed by atoms with Crippen molar-refractivity contribution < 1.29 is 9.18 Å². The summed E-state index contributed by atoms with van der Waals surface area (Å²) in [6, 6.07) is 11.6. The maximum Gasteiger partial charge on any atom is 0.267 e. The van der Waals surface area contributed by atoms with Gasteiger partial charge in [-0.1, -0.05) is 18.2 Å². The molecule has 0 fully saturated rings. The molecule has 0 unspecified atom stereocenters. The average molecular weight is 300 g/mol. The van der Waals surface area contributed by atoms with Gasteiger partial charge >= 0.3 is 0 Å². The van der Waals surface area contributed by atoms with Gasteiger partial charge in [-0.15, -0.1) is 11.3 Å². The molecule has 2 aromatic carbocycles. The molecule has 21 heavy (non-hydrogen) atoms. The highest BCUT2D eigenvalue weighted by Crippen LogP contribution is 2.34. The number of fused-ring (bicyclic) bond motifs is 1. The van der Waals surface area contributed by atoms with Crippen LogP contribution in [0.1, 0.15) is 15.2 Å². The Morgan fingerprint density at radius 1 is 1.24 bits per heavy atom. The highest BCUT2D eigenvalue weighted by Gasteiger charge is 2.16. The van der Waals surface area contributed by atoms with Gasteiger partial charge in [0.25, 0.3) is 5.91 Å². The molecular formula is C16H13FN2OS. The second-order valence-corrected chi connectivity index (χ2v) is 5.86. The molecule has 0 aliphatic heterocycles. The Kier molecular flexibility index (Phi) is 3.35. The summed E-state index contributed by atoms with van der Waals surface area (Å²) in [5.41, 5.74) is 8.03. The zero-order valence-corrected chi connectivity index (χ0v) is 12.1. The van der Waals surface area contributed by atoms with Crippen LogP contribution in [-0.2, 0) is 0 Å². The van der Waals surface area contributed by atoms with Crippen molar-refractivity contribution in [1.29, 1.82) is 0 Å². The minimum atomic E-state index is -0.396. The van der Waals surface area contributed by atoms with E-state index in [1.807, 2.05) is 25.1 Å². The first-order valence-electron chi connectivity index (χ1n) is 6.40. The van der Waals surface area contributed by atoms with Crippen LogP contribution in [-0.4, -0.2) is 5.91 Å². The molecule has 3 N–H and O–H groups in total. The summed E-state index contributed by atoms with van der Waals surface area (Å²) < 4.78 is 14.1. The monoisotopic (exact) mass is 300 g/mol.